The third kappa shape index (κ3) is 3.88. The number of rotatable bonds is 7. The molecule has 28 heavy (non-hydrogen) atoms. The van der Waals surface area contributed by atoms with Crippen molar-refractivity contribution in [3.8, 4) is 0 Å². The number of fused-ring (bicyclic) bond motifs is 1. The molecule has 9 heteroatoms. The van der Waals surface area contributed by atoms with Gasteiger partial charge in [-0.3, -0.25) is 9.78 Å². The number of amides is 1. The molecule has 0 saturated heterocycles. The van der Waals surface area contributed by atoms with Crippen molar-refractivity contribution in [1.29, 1.82) is 0 Å². The Morgan fingerprint density at radius 2 is 2.14 bits per heavy atom. The van der Waals surface area contributed by atoms with Crippen LogP contribution < -0.4 is 16.0 Å². The number of hydrogen-bond donors (Lipinski definition) is 3. The molecule has 0 atom stereocenters. The lowest BCUT2D eigenvalue weighted by molar-refractivity contribution is 0.102. The summed E-state index contributed by atoms with van der Waals surface area (Å²) >= 11 is 0. The number of halogens is 1. The molecule has 1 aliphatic carbocycles. The fourth-order valence-electron chi connectivity index (χ4n) is 2.74. The van der Waals surface area contributed by atoms with Gasteiger partial charge in [-0.25, -0.2) is 13.9 Å². The lowest BCUT2D eigenvalue weighted by atomic mass is 10.2. The zero-order chi connectivity index (χ0) is 19.7. The van der Waals surface area contributed by atoms with Crippen molar-refractivity contribution in [3.05, 3.63) is 42.2 Å². The van der Waals surface area contributed by atoms with Gasteiger partial charge in [-0.15, -0.1) is 5.10 Å². The van der Waals surface area contributed by atoms with Gasteiger partial charge in [0.1, 0.15) is 5.82 Å². The zero-order valence-electron chi connectivity index (χ0n) is 15.7. The van der Waals surface area contributed by atoms with Crippen molar-refractivity contribution in [2.24, 2.45) is 5.92 Å². The number of aromatic nitrogens is 4. The van der Waals surface area contributed by atoms with Crippen LogP contribution in [-0.4, -0.2) is 38.1 Å². The molecule has 1 aliphatic rings. The predicted octanol–water partition coefficient (Wildman–Crippen LogP) is 3.16. The van der Waals surface area contributed by atoms with Crippen LogP contribution in [0, 0.1) is 11.7 Å². The third-order valence-corrected chi connectivity index (χ3v) is 4.35. The number of anilines is 3. The summed E-state index contributed by atoms with van der Waals surface area (Å²) in [6, 6.07) is 3.73. The molecule has 0 unspecified atom stereocenters. The van der Waals surface area contributed by atoms with E-state index in [0.29, 0.717) is 23.4 Å². The van der Waals surface area contributed by atoms with Gasteiger partial charge in [0.05, 0.1) is 23.8 Å². The minimum Gasteiger partial charge on any atom is -0.379 e. The van der Waals surface area contributed by atoms with Crippen molar-refractivity contribution in [2.75, 3.05) is 22.5 Å². The molecule has 3 N–H and O–H groups in total. The van der Waals surface area contributed by atoms with Crippen molar-refractivity contribution in [3.63, 3.8) is 0 Å². The second-order valence-corrected chi connectivity index (χ2v) is 7.33. The normalized spacial score (nSPS) is 13.7. The number of nitrogens with zero attached hydrogens (tertiary/aromatic N) is 4. The third-order valence-electron chi connectivity index (χ3n) is 4.35. The molecule has 1 fully saturated rings. The largest absolute Gasteiger partial charge is 0.379 e. The minimum absolute atomic E-state index is 0.0559. The highest BCUT2D eigenvalue weighted by molar-refractivity contribution is 6.03. The molecular weight excluding hydrogens is 361 g/mol. The van der Waals surface area contributed by atoms with E-state index >= 15 is 0 Å². The lowest BCUT2D eigenvalue weighted by Crippen LogP contribution is -2.18. The molecule has 3 heterocycles. The monoisotopic (exact) mass is 383 g/mol. The van der Waals surface area contributed by atoms with Gasteiger partial charge in [0.2, 0.25) is 0 Å². The molecule has 0 radical (unpaired) electrons. The average Bonchev–Trinajstić information content (AvgIpc) is 3.37. The highest BCUT2D eigenvalue weighted by atomic mass is 19.1. The zero-order valence-corrected chi connectivity index (χ0v) is 15.7. The molecule has 1 saturated carbocycles. The summed E-state index contributed by atoms with van der Waals surface area (Å²) in [4.78, 5) is 20.8. The van der Waals surface area contributed by atoms with Crippen LogP contribution in [0.5, 0.6) is 0 Å². The van der Waals surface area contributed by atoms with Gasteiger partial charge in [-0.1, -0.05) is 13.8 Å². The van der Waals surface area contributed by atoms with Crippen molar-refractivity contribution < 1.29 is 9.18 Å². The average molecular weight is 383 g/mol. The molecule has 0 aliphatic heterocycles. The number of carbonyl (C=O) groups is 1. The smallest absolute Gasteiger partial charge is 0.276 e. The Morgan fingerprint density at radius 1 is 1.32 bits per heavy atom. The molecular formula is C19H22FN7O. The van der Waals surface area contributed by atoms with E-state index in [1.54, 1.807) is 0 Å². The lowest BCUT2D eigenvalue weighted by Gasteiger charge is -2.13. The second-order valence-electron chi connectivity index (χ2n) is 7.33. The van der Waals surface area contributed by atoms with E-state index in [1.807, 2.05) is 6.07 Å². The molecule has 0 spiro atoms. The van der Waals surface area contributed by atoms with Gasteiger partial charge in [-0.2, -0.15) is 0 Å². The van der Waals surface area contributed by atoms with Gasteiger partial charge in [0, 0.05) is 24.8 Å². The molecule has 0 aromatic carbocycles. The van der Waals surface area contributed by atoms with E-state index in [-0.39, 0.29) is 11.4 Å². The van der Waals surface area contributed by atoms with E-state index < -0.39 is 11.7 Å². The molecule has 0 bridgehead atoms. The standard InChI is InChI=1S/C19H22FN7O/c1-11(2)8-22-17-7-15(24-12-3-4-12)18-23-10-16(27(18)26-17)19(28)25-14-5-6-21-9-13(14)20/h5-7,9-12,24H,3-4,8H2,1-2H3,(H,22,26)(H,21,25,28). The summed E-state index contributed by atoms with van der Waals surface area (Å²) < 4.78 is 15.3. The first kappa shape index (κ1) is 18.1. The van der Waals surface area contributed by atoms with Gasteiger partial charge >= 0.3 is 0 Å². The van der Waals surface area contributed by atoms with Gasteiger partial charge in [0.15, 0.2) is 17.2 Å². The van der Waals surface area contributed by atoms with Gasteiger partial charge in [0.25, 0.3) is 5.91 Å². The summed E-state index contributed by atoms with van der Waals surface area (Å²) in [5.74, 6) is -0.0134. The molecule has 1 amide bonds. The number of nitrogens with one attached hydrogen (secondary N) is 3. The molecule has 4 rings (SSSR count). The van der Waals surface area contributed by atoms with E-state index in [4.69, 9.17) is 0 Å². The maximum atomic E-state index is 13.8. The topological polar surface area (TPSA) is 96.2 Å². The molecule has 146 valence electrons. The van der Waals surface area contributed by atoms with E-state index in [2.05, 4.69) is 44.9 Å². The number of pyridine rings is 1. The van der Waals surface area contributed by atoms with E-state index in [9.17, 15) is 9.18 Å². The fraction of sp³-hybridized carbons (Fsp3) is 0.368. The quantitative estimate of drug-likeness (QED) is 0.580. The Morgan fingerprint density at radius 3 is 2.86 bits per heavy atom. The molecule has 8 nitrogen and oxygen atoms in total. The molecule has 3 aromatic rings. The SMILES string of the molecule is CC(C)CNc1cc(NC2CC2)c2ncc(C(=O)Nc3ccncc3F)n2n1. The number of carbonyl (C=O) groups excluding carboxylic acids is 1. The van der Waals surface area contributed by atoms with Crippen LogP contribution in [0.2, 0.25) is 0 Å². The molecule has 3 aromatic heterocycles. The Labute approximate surface area is 161 Å². The predicted molar refractivity (Wildman–Crippen MR) is 105 cm³/mol. The Kier molecular flexibility index (Phi) is 4.81. The van der Waals surface area contributed by atoms with Crippen LogP contribution in [0.4, 0.5) is 21.6 Å². The first-order valence-electron chi connectivity index (χ1n) is 9.31. The van der Waals surface area contributed by atoms with Gasteiger partial charge in [-0.05, 0) is 24.8 Å². The first-order chi connectivity index (χ1) is 13.5. The minimum atomic E-state index is -0.604. The van der Waals surface area contributed by atoms with E-state index in [1.165, 1.54) is 23.0 Å². The number of imidazole rings is 1. The fourth-order valence-corrected chi connectivity index (χ4v) is 2.74. The maximum absolute atomic E-state index is 13.8. The highest BCUT2D eigenvalue weighted by Crippen LogP contribution is 2.28. The summed E-state index contributed by atoms with van der Waals surface area (Å²) in [6.07, 6.45) is 6.13. The Balaban J connectivity index is 1.68. The highest BCUT2D eigenvalue weighted by Gasteiger charge is 2.24. The van der Waals surface area contributed by atoms with Crippen LogP contribution in [0.1, 0.15) is 37.2 Å². The Bertz CT molecular complexity index is 1010. The summed E-state index contributed by atoms with van der Waals surface area (Å²) in [6.45, 7) is 4.96. The van der Waals surface area contributed by atoms with Crippen molar-refractivity contribution in [2.45, 2.75) is 32.7 Å². The van der Waals surface area contributed by atoms with Crippen molar-refractivity contribution >= 4 is 28.7 Å². The summed E-state index contributed by atoms with van der Waals surface area (Å²) in [7, 11) is 0. The summed E-state index contributed by atoms with van der Waals surface area (Å²) in [5, 5.41) is 13.8. The van der Waals surface area contributed by atoms with E-state index in [0.717, 1.165) is 31.3 Å². The first-order valence-corrected chi connectivity index (χ1v) is 9.31. The van der Waals surface area contributed by atoms with Crippen LogP contribution in [0.15, 0.2) is 30.7 Å². The van der Waals surface area contributed by atoms with Crippen LogP contribution in [0.3, 0.4) is 0 Å². The van der Waals surface area contributed by atoms with Crippen molar-refractivity contribution in [1.82, 2.24) is 19.6 Å². The van der Waals surface area contributed by atoms with Crippen LogP contribution in [-0.2, 0) is 0 Å². The Hall–Kier alpha value is -3.23. The van der Waals surface area contributed by atoms with Crippen LogP contribution in [0.25, 0.3) is 5.65 Å². The van der Waals surface area contributed by atoms with Crippen LogP contribution >= 0.6 is 0 Å². The van der Waals surface area contributed by atoms with Gasteiger partial charge < -0.3 is 16.0 Å². The summed E-state index contributed by atoms with van der Waals surface area (Å²) in [5.41, 5.74) is 1.65. The number of hydrogen-bond acceptors (Lipinski definition) is 6. The second kappa shape index (κ2) is 7.41. The maximum Gasteiger partial charge on any atom is 0.276 e.